The Labute approximate surface area is 219 Å². The fraction of sp³-hybridized carbons (Fsp3) is 0.250. The maximum Gasteiger partial charge on any atom is 0.253 e. The molecule has 1 unspecified atom stereocenters. The highest BCUT2D eigenvalue weighted by Crippen LogP contribution is 2.23. The van der Waals surface area contributed by atoms with Crippen LogP contribution in [-0.2, 0) is 17.9 Å². The molecule has 0 spiro atoms. The molecule has 10 heteroatoms. The van der Waals surface area contributed by atoms with E-state index in [1.165, 1.54) is 12.1 Å². The molecule has 1 fully saturated rings. The van der Waals surface area contributed by atoms with Crippen LogP contribution >= 0.6 is 0 Å². The Bertz CT molecular complexity index is 1390. The van der Waals surface area contributed by atoms with E-state index in [2.05, 4.69) is 30.7 Å². The molecule has 3 heterocycles. The lowest BCUT2D eigenvalue weighted by atomic mass is 9.96. The van der Waals surface area contributed by atoms with Crippen molar-refractivity contribution in [2.45, 2.75) is 25.9 Å². The number of benzene rings is 2. The molecule has 4 aromatic rings. The predicted molar refractivity (Wildman–Crippen MR) is 138 cm³/mol. The number of aromatic nitrogens is 3. The summed E-state index contributed by atoms with van der Waals surface area (Å²) >= 11 is 0. The van der Waals surface area contributed by atoms with Gasteiger partial charge in [-0.3, -0.25) is 19.5 Å². The summed E-state index contributed by atoms with van der Waals surface area (Å²) in [6.45, 7) is 2.07. The van der Waals surface area contributed by atoms with Crippen LogP contribution in [-0.4, -0.2) is 44.9 Å². The van der Waals surface area contributed by atoms with E-state index in [1.807, 2.05) is 12.1 Å². The van der Waals surface area contributed by atoms with Crippen LogP contribution in [0.15, 0.2) is 77.6 Å². The lowest BCUT2D eigenvalue weighted by Gasteiger charge is -2.31. The van der Waals surface area contributed by atoms with Crippen LogP contribution < -0.4 is 10.6 Å². The molecular weight excluding hydrogens is 487 g/mol. The molecule has 0 radical (unpaired) electrons. The Morgan fingerprint density at radius 3 is 2.74 bits per heavy atom. The summed E-state index contributed by atoms with van der Waals surface area (Å²) in [6, 6.07) is 16.6. The minimum atomic E-state index is -0.330. The third-order valence-corrected chi connectivity index (χ3v) is 6.41. The first-order valence-corrected chi connectivity index (χ1v) is 12.4. The van der Waals surface area contributed by atoms with Gasteiger partial charge in [0.1, 0.15) is 5.82 Å². The van der Waals surface area contributed by atoms with Gasteiger partial charge in [-0.25, -0.2) is 4.39 Å². The fourth-order valence-electron chi connectivity index (χ4n) is 4.44. The SMILES string of the molecule is O=C(NCc1cccnc1)c1ccccc1NC(=O)C1CCCN(Cc2nc(-c3ccc(F)cc3)no2)C1. The minimum Gasteiger partial charge on any atom is -0.348 e. The molecule has 2 aromatic carbocycles. The number of hydrogen-bond donors (Lipinski definition) is 2. The van der Waals surface area contributed by atoms with Crippen LogP contribution in [0, 0.1) is 11.7 Å². The topological polar surface area (TPSA) is 113 Å². The summed E-state index contributed by atoms with van der Waals surface area (Å²) in [4.78, 5) is 36.6. The molecule has 2 aromatic heterocycles. The molecule has 1 atom stereocenters. The molecule has 9 nitrogen and oxygen atoms in total. The van der Waals surface area contributed by atoms with Crippen molar-refractivity contribution in [3.05, 3.63) is 95.9 Å². The van der Waals surface area contributed by atoms with E-state index in [4.69, 9.17) is 4.52 Å². The van der Waals surface area contributed by atoms with Crippen molar-refractivity contribution in [3.63, 3.8) is 0 Å². The average molecular weight is 515 g/mol. The minimum absolute atomic E-state index is 0.139. The molecule has 0 bridgehead atoms. The van der Waals surface area contributed by atoms with Gasteiger partial charge in [0, 0.05) is 31.0 Å². The maximum absolute atomic E-state index is 13.2. The van der Waals surface area contributed by atoms with E-state index in [0.717, 1.165) is 24.9 Å². The van der Waals surface area contributed by atoms with Crippen molar-refractivity contribution < 1.29 is 18.5 Å². The highest BCUT2D eigenvalue weighted by Gasteiger charge is 2.28. The zero-order chi connectivity index (χ0) is 26.3. The molecule has 5 rings (SSSR count). The average Bonchev–Trinajstić information content (AvgIpc) is 3.41. The van der Waals surface area contributed by atoms with E-state index in [-0.39, 0.29) is 23.5 Å². The van der Waals surface area contributed by atoms with E-state index < -0.39 is 0 Å². The normalized spacial score (nSPS) is 15.7. The second kappa shape index (κ2) is 11.7. The van der Waals surface area contributed by atoms with Crippen molar-refractivity contribution in [3.8, 4) is 11.4 Å². The van der Waals surface area contributed by atoms with Crippen molar-refractivity contribution in [2.75, 3.05) is 18.4 Å². The molecule has 1 aliphatic rings. The molecule has 0 saturated carbocycles. The molecule has 1 saturated heterocycles. The number of nitrogens with one attached hydrogen (secondary N) is 2. The van der Waals surface area contributed by atoms with Crippen molar-refractivity contribution in [1.29, 1.82) is 0 Å². The molecular formula is C28H27FN6O3. The lowest BCUT2D eigenvalue weighted by Crippen LogP contribution is -2.40. The van der Waals surface area contributed by atoms with Gasteiger partial charge < -0.3 is 15.2 Å². The van der Waals surface area contributed by atoms with Gasteiger partial charge in [0.2, 0.25) is 17.6 Å². The van der Waals surface area contributed by atoms with E-state index in [9.17, 15) is 14.0 Å². The van der Waals surface area contributed by atoms with Gasteiger partial charge >= 0.3 is 0 Å². The van der Waals surface area contributed by atoms with Crippen LogP contribution in [0.2, 0.25) is 0 Å². The number of rotatable bonds is 8. The smallest absolute Gasteiger partial charge is 0.253 e. The van der Waals surface area contributed by atoms with Crippen LogP contribution in [0.25, 0.3) is 11.4 Å². The monoisotopic (exact) mass is 514 g/mol. The van der Waals surface area contributed by atoms with Gasteiger partial charge in [-0.2, -0.15) is 4.98 Å². The number of likely N-dealkylation sites (tertiary alicyclic amines) is 1. The number of amides is 2. The van der Waals surface area contributed by atoms with Gasteiger partial charge in [-0.05, 0) is 67.4 Å². The number of carbonyl (C=O) groups excluding carboxylic acids is 2. The summed E-state index contributed by atoms with van der Waals surface area (Å²) in [5.74, 6) is -0.174. The molecule has 38 heavy (non-hydrogen) atoms. The number of carbonyl (C=O) groups is 2. The lowest BCUT2D eigenvalue weighted by molar-refractivity contribution is -0.121. The molecule has 1 aliphatic heterocycles. The van der Waals surface area contributed by atoms with E-state index >= 15 is 0 Å². The second-order valence-corrected chi connectivity index (χ2v) is 9.17. The third kappa shape index (κ3) is 6.27. The Balaban J connectivity index is 1.18. The zero-order valence-electron chi connectivity index (χ0n) is 20.6. The van der Waals surface area contributed by atoms with Crippen LogP contribution in [0.5, 0.6) is 0 Å². The van der Waals surface area contributed by atoms with Crippen molar-refractivity contribution >= 4 is 17.5 Å². The first-order chi connectivity index (χ1) is 18.5. The standard InChI is InChI=1S/C28H27FN6O3/c29-22-11-9-20(10-12-22)26-33-25(38-34-26)18-35-14-4-6-21(17-35)27(36)32-24-8-2-1-7-23(24)28(37)31-16-19-5-3-13-30-15-19/h1-3,5,7-13,15,21H,4,6,14,16-18H2,(H,31,37)(H,32,36). The summed E-state index contributed by atoms with van der Waals surface area (Å²) in [5, 5.41) is 9.83. The maximum atomic E-state index is 13.2. The number of halogens is 1. The van der Waals surface area contributed by atoms with Crippen molar-refractivity contribution in [1.82, 2.24) is 25.3 Å². The Hall–Kier alpha value is -4.44. The molecule has 2 amide bonds. The third-order valence-electron chi connectivity index (χ3n) is 6.41. The van der Waals surface area contributed by atoms with E-state index in [1.54, 1.807) is 48.8 Å². The van der Waals surface area contributed by atoms with Gasteiger partial charge in [-0.15, -0.1) is 0 Å². The number of anilines is 1. The Kier molecular flexibility index (Phi) is 7.79. The first kappa shape index (κ1) is 25.2. The first-order valence-electron chi connectivity index (χ1n) is 12.4. The summed E-state index contributed by atoms with van der Waals surface area (Å²) in [7, 11) is 0. The zero-order valence-corrected chi connectivity index (χ0v) is 20.6. The predicted octanol–water partition coefficient (Wildman–Crippen LogP) is 4.05. The quantitative estimate of drug-likeness (QED) is 0.365. The second-order valence-electron chi connectivity index (χ2n) is 9.17. The summed E-state index contributed by atoms with van der Waals surface area (Å²) < 4.78 is 18.6. The van der Waals surface area contributed by atoms with Gasteiger partial charge in [0.15, 0.2) is 0 Å². The number of piperidine rings is 1. The Morgan fingerprint density at radius 2 is 1.92 bits per heavy atom. The molecule has 0 aliphatic carbocycles. The fourth-order valence-corrected chi connectivity index (χ4v) is 4.44. The largest absolute Gasteiger partial charge is 0.348 e. The number of nitrogens with zero attached hydrogens (tertiary/aromatic N) is 4. The molecule has 194 valence electrons. The van der Waals surface area contributed by atoms with Crippen molar-refractivity contribution in [2.24, 2.45) is 5.92 Å². The number of pyridine rings is 1. The summed E-state index contributed by atoms with van der Waals surface area (Å²) in [5.41, 5.74) is 2.42. The van der Waals surface area contributed by atoms with Gasteiger partial charge in [0.05, 0.1) is 23.7 Å². The molecule has 2 N–H and O–H groups in total. The van der Waals surface area contributed by atoms with Crippen LogP contribution in [0.3, 0.4) is 0 Å². The number of hydrogen-bond acceptors (Lipinski definition) is 7. The van der Waals surface area contributed by atoms with Crippen LogP contribution in [0.4, 0.5) is 10.1 Å². The van der Waals surface area contributed by atoms with E-state index in [0.29, 0.717) is 48.2 Å². The van der Waals surface area contributed by atoms with Crippen LogP contribution in [0.1, 0.15) is 34.7 Å². The Morgan fingerprint density at radius 1 is 1.08 bits per heavy atom. The highest BCUT2D eigenvalue weighted by atomic mass is 19.1. The number of para-hydroxylation sites is 1. The van der Waals surface area contributed by atoms with Gasteiger partial charge in [0.25, 0.3) is 5.91 Å². The van der Waals surface area contributed by atoms with Gasteiger partial charge in [-0.1, -0.05) is 23.4 Å². The summed E-state index contributed by atoms with van der Waals surface area (Å²) in [6.07, 6.45) is 4.95. The highest BCUT2D eigenvalue weighted by molar-refractivity contribution is 6.04.